The van der Waals surface area contributed by atoms with Gasteiger partial charge in [-0.05, 0) is 39.4 Å². The molecular weight excluding hydrogens is 150 g/mol. The number of rotatable bonds is 3. The average Bonchev–Trinajstić information content (AvgIpc) is 2.18. The van der Waals surface area contributed by atoms with E-state index in [2.05, 4.69) is 22.0 Å². The largest absolute Gasteiger partial charge is 0.392 e. The second kappa shape index (κ2) is 3.92. The highest BCUT2D eigenvalue weighted by Gasteiger charge is 2.26. The molecule has 3 nitrogen and oxygen atoms in total. The maximum atomic E-state index is 3.30. The zero-order valence-corrected chi connectivity index (χ0v) is 8.20. The summed E-state index contributed by atoms with van der Waals surface area (Å²) in [5, 5.41) is 9.82. The molecule has 0 aromatic heterocycles. The molecule has 0 aromatic rings. The fraction of sp³-hybridized carbons (Fsp3) is 0.778. The minimum Gasteiger partial charge on any atom is -0.392 e. The first-order chi connectivity index (χ1) is 5.76. The summed E-state index contributed by atoms with van der Waals surface area (Å²) in [6.07, 6.45) is 5.80. The Hall–Kier alpha value is -0.540. The van der Waals surface area contributed by atoms with Gasteiger partial charge in [-0.2, -0.15) is 0 Å². The van der Waals surface area contributed by atoms with E-state index in [1.54, 1.807) is 0 Å². The Labute approximate surface area is 74.6 Å². The molecule has 0 spiro atoms. The lowest BCUT2D eigenvalue weighted by atomic mass is 9.94. The van der Waals surface area contributed by atoms with E-state index in [1.807, 2.05) is 21.1 Å². The van der Waals surface area contributed by atoms with Gasteiger partial charge < -0.3 is 5.32 Å². The van der Waals surface area contributed by atoms with Crippen LogP contribution in [0.2, 0.25) is 0 Å². The van der Waals surface area contributed by atoms with Crippen molar-refractivity contribution < 1.29 is 0 Å². The number of likely N-dealkylation sites (N-methyl/N-ethyl adjacent to an activating group) is 2. The number of nitrogens with one attached hydrogen (secondary N) is 3. The zero-order chi connectivity index (χ0) is 9.03. The highest BCUT2D eigenvalue weighted by molar-refractivity contribution is 5.15. The van der Waals surface area contributed by atoms with Crippen LogP contribution >= 0.6 is 0 Å². The molecule has 0 amide bonds. The molecule has 0 atom stereocenters. The van der Waals surface area contributed by atoms with Gasteiger partial charge in [0.15, 0.2) is 0 Å². The third-order valence-corrected chi connectivity index (χ3v) is 2.65. The Morgan fingerprint density at radius 3 is 2.42 bits per heavy atom. The molecule has 0 radical (unpaired) electrons. The van der Waals surface area contributed by atoms with Gasteiger partial charge in [-0.25, -0.2) is 0 Å². The quantitative estimate of drug-likeness (QED) is 0.536. The highest BCUT2D eigenvalue weighted by atomic mass is 15.2. The topological polar surface area (TPSA) is 36.1 Å². The lowest BCUT2D eigenvalue weighted by molar-refractivity contribution is 0.321. The SMILES string of the molecule is CNC1=CC(NC)(NC)CCC1. The molecule has 12 heavy (non-hydrogen) atoms. The van der Waals surface area contributed by atoms with Crippen LogP contribution in [-0.4, -0.2) is 26.8 Å². The third kappa shape index (κ3) is 1.79. The minimum absolute atomic E-state index is 0.0105. The fourth-order valence-corrected chi connectivity index (χ4v) is 1.72. The number of hydrogen-bond acceptors (Lipinski definition) is 3. The van der Waals surface area contributed by atoms with Crippen molar-refractivity contribution in [2.24, 2.45) is 0 Å². The van der Waals surface area contributed by atoms with Gasteiger partial charge >= 0.3 is 0 Å². The van der Waals surface area contributed by atoms with Crippen molar-refractivity contribution in [3.05, 3.63) is 11.8 Å². The van der Waals surface area contributed by atoms with Crippen LogP contribution in [0.3, 0.4) is 0 Å². The first-order valence-corrected chi connectivity index (χ1v) is 4.53. The predicted molar refractivity (Wildman–Crippen MR) is 51.8 cm³/mol. The zero-order valence-electron chi connectivity index (χ0n) is 8.20. The summed E-state index contributed by atoms with van der Waals surface area (Å²) in [4.78, 5) is 0. The monoisotopic (exact) mass is 169 g/mol. The Morgan fingerprint density at radius 2 is 1.92 bits per heavy atom. The Balaban J connectivity index is 2.75. The molecule has 0 bridgehead atoms. The summed E-state index contributed by atoms with van der Waals surface area (Å²) in [5.74, 6) is 0. The number of hydrogen-bond donors (Lipinski definition) is 3. The van der Waals surface area contributed by atoms with Crippen molar-refractivity contribution in [3.63, 3.8) is 0 Å². The Morgan fingerprint density at radius 1 is 1.25 bits per heavy atom. The van der Waals surface area contributed by atoms with E-state index in [0.29, 0.717) is 0 Å². The normalized spacial score (nSPS) is 21.8. The van der Waals surface area contributed by atoms with E-state index in [1.165, 1.54) is 18.5 Å². The van der Waals surface area contributed by atoms with Gasteiger partial charge in [-0.3, -0.25) is 10.6 Å². The van der Waals surface area contributed by atoms with E-state index in [-0.39, 0.29) is 5.66 Å². The summed E-state index contributed by atoms with van der Waals surface area (Å²) in [5.41, 5.74) is 1.33. The van der Waals surface area contributed by atoms with Crippen LogP contribution in [0.15, 0.2) is 11.8 Å². The summed E-state index contributed by atoms with van der Waals surface area (Å²) in [7, 11) is 5.96. The molecule has 70 valence electrons. The molecule has 0 unspecified atom stereocenters. The molecule has 1 aliphatic rings. The van der Waals surface area contributed by atoms with Crippen LogP contribution in [0, 0.1) is 0 Å². The summed E-state index contributed by atoms with van der Waals surface area (Å²) in [6.45, 7) is 0. The van der Waals surface area contributed by atoms with Crippen molar-refractivity contribution >= 4 is 0 Å². The van der Waals surface area contributed by atoms with E-state index in [4.69, 9.17) is 0 Å². The second-order valence-electron chi connectivity index (χ2n) is 3.24. The summed E-state index contributed by atoms with van der Waals surface area (Å²) < 4.78 is 0. The molecule has 0 saturated heterocycles. The van der Waals surface area contributed by atoms with Gasteiger partial charge in [0.2, 0.25) is 0 Å². The van der Waals surface area contributed by atoms with Gasteiger partial charge in [0.25, 0.3) is 0 Å². The lowest BCUT2D eigenvalue weighted by Crippen LogP contribution is -2.53. The molecule has 3 heteroatoms. The molecule has 0 aromatic carbocycles. The van der Waals surface area contributed by atoms with Crippen molar-refractivity contribution in [2.75, 3.05) is 21.1 Å². The van der Waals surface area contributed by atoms with Gasteiger partial charge in [-0.1, -0.05) is 0 Å². The molecule has 1 rings (SSSR count). The maximum Gasteiger partial charge on any atom is 0.0893 e. The molecule has 3 N–H and O–H groups in total. The highest BCUT2D eigenvalue weighted by Crippen LogP contribution is 2.22. The molecule has 0 aliphatic heterocycles. The first kappa shape index (κ1) is 9.55. The van der Waals surface area contributed by atoms with Crippen LogP contribution in [0.25, 0.3) is 0 Å². The maximum absolute atomic E-state index is 3.30. The number of allylic oxidation sites excluding steroid dienone is 1. The van der Waals surface area contributed by atoms with Crippen LogP contribution in [0.5, 0.6) is 0 Å². The van der Waals surface area contributed by atoms with Crippen LogP contribution < -0.4 is 16.0 Å². The molecular formula is C9H19N3. The first-order valence-electron chi connectivity index (χ1n) is 4.53. The van der Waals surface area contributed by atoms with Crippen LogP contribution in [0.1, 0.15) is 19.3 Å². The standard InChI is InChI=1S/C9H19N3/c1-10-8-5-4-6-9(7-8,11-2)12-3/h7,10-12H,4-6H2,1-3H3. The van der Waals surface area contributed by atoms with Gasteiger partial charge in [-0.15, -0.1) is 0 Å². The minimum atomic E-state index is 0.0105. The van der Waals surface area contributed by atoms with E-state index < -0.39 is 0 Å². The summed E-state index contributed by atoms with van der Waals surface area (Å²) >= 11 is 0. The van der Waals surface area contributed by atoms with E-state index in [0.717, 1.165) is 6.42 Å². The van der Waals surface area contributed by atoms with Gasteiger partial charge in [0.1, 0.15) is 0 Å². The second-order valence-corrected chi connectivity index (χ2v) is 3.24. The smallest absolute Gasteiger partial charge is 0.0893 e. The van der Waals surface area contributed by atoms with Crippen LogP contribution in [0.4, 0.5) is 0 Å². The molecule has 1 aliphatic carbocycles. The summed E-state index contributed by atoms with van der Waals surface area (Å²) in [6, 6.07) is 0. The van der Waals surface area contributed by atoms with Crippen molar-refractivity contribution in [1.29, 1.82) is 0 Å². The van der Waals surface area contributed by atoms with Gasteiger partial charge in [0, 0.05) is 12.7 Å². The Kier molecular flexibility index (Phi) is 3.12. The van der Waals surface area contributed by atoms with Crippen molar-refractivity contribution in [3.8, 4) is 0 Å². The van der Waals surface area contributed by atoms with Gasteiger partial charge in [0.05, 0.1) is 5.66 Å². The predicted octanol–water partition coefficient (Wildman–Crippen LogP) is 0.409. The molecule has 0 heterocycles. The average molecular weight is 169 g/mol. The van der Waals surface area contributed by atoms with Crippen molar-refractivity contribution in [2.45, 2.75) is 24.9 Å². The molecule has 0 fully saturated rings. The van der Waals surface area contributed by atoms with E-state index >= 15 is 0 Å². The third-order valence-electron chi connectivity index (χ3n) is 2.65. The van der Waals surface area contributed by atoms with Crippen molar-refractivity contribution in [1.82, 2.24) is 16.0 Å². The van der Waals surface area contributed by atoms with Crippen LogP contribution in [-0.2, 0) is 0 Å². The lowest BCUT2D eigenvalue weighted by Gasteiger charge is -2.34. The molecule has 0 saturated carbocycles. The Bertz CT molecular complexity index is 171. The fourth-order valence-electron chi connectivity index (χ4n) is 1.72. The van der Waals surface area contributed by atoms with E-state index in [9.17, 15) is 0 Å².